The first-order valence-electron chi connectivity index (χ1n) is 7.12. The molecule has 24 heavy (non-hydrogen) atoms. The minimum absolute atomic E-state index is 0.0328. The highest BCUT2D eigenvalue weighted by molar-refractivity contribution is 6.41. The van der Waals surface area contributed by atoms with Crippen molar-refractivity contribution in [3.8, 4) is 17.2 Å². The van der Waals surface area contributed by atoms with Crippen LogP contribution in [0.5, 0.6) is 17.2 Å². The zero-order valence-corrected chi connectivity index (χ0v) is 13.1. The molecule has 2 aromatic carbocycles. The number of nitrogen functional groups attached to an aromatic ring is 1. The van der Waals surface area contributed by atoms with Gasteiger partial charge in [0.1, 0.15) is 0 Å². The minimum atomic E-state index is -0.381. The van der Waals surface area contributed by atoms with Gasteiger partial charge in [-0.25, -0.2) is 0 Å². The number of phenolic OH excluding ortho intramolecular Hbond substituents is 1. The molecule has 1 aliphatic carbocycles. The normalized spacial score (nSPS) is 14.8. The Balaban J connectivity index is 2.10. The maximum absolute atomic E-state index is 12.5. The maximum Gasteiger partial charge on any atom is 0.200 e. The van der Waals surface area contributed by atoms with E-state index in [0.717, 1.165) is 0 Å². The number of hydrogen-bond acceptors (Lipinski definition) is 6. The average Bonchev–Trinajstić information content (AvgIpc) is 2.80. The highest BCUT2D eigenvalue weighted by atomic mass is 16.5. The van der Waals surface area contributed by atoms with Crippen LogP contribution in [0, 0.1) is 0 Å². The van der Waals surface area contributed by atoms with Crippen LogP contribution in [0.4, 0.5) is 5.69 Å². The summed E-state index contributed by atoms with van der Waals surface area (Å²) < 4.78 is 10.2. The first kappa shape index (κ1) is 15.6. The van der Waals surface area contributed by atoms with Crippen LogP contribution < -0.4 is 15.2 Å². The molecule has 0 heterocycles. The highest BCUT2D eigenvalue weighted by Gasteiger charge is 2.33. The van der Waals surface area contributed by atoms with E-state index in [4.69, 9.17) is 15.2 Å². The fourth-order valence-corrected chi connectivity index (χ4v) is 2.64. The highest BCUT2D eigenvalue weighted by Crippen LogP contribution is 2.38. The molecule has 0 bridgehead atoms. The van der Waals surface area contributed by atoms with Gasteiger partial charge in [0.15, 0.2) is 23.1 Å². The number of carbonyl (C=O) groups excluding carboxylic acids is 2. The van der Waals surface area contributed by atoms with E-state index in [1.807, 2.05) is 0 Å². The molecule has 0 aliphatic heterocycles. The summed E-state index contributed by atoms with van der Waals surface area (Å²) in [6.45, 7) is 0. The van der Waals surface area contributed by atoms with Crippen LogP contribution in [0.3, 0.4) is 0 Å². The SMILES string of the molecule is COc1cc(/C=C2\C(=O)c3ccc(N)cc3C2=O)cc(OC)c1O. The Hall–Kier alpha value is -3.28. The van der Waals surface area contributed by atoms with Crippen LogP contribution in [-0.2, 0) is 0 Å². The molecule has 6 heteroatoms. The number of methoxy groups -OCH3 is 2. The Morgan fingerprint density at radius 2 is 1.54 bits per heavy atom. The molecule has 0 saturated heterocycles. The lowest BCUT2D eigenvalue weighted by molar-refractivity contribution is 0.0990. The van der Waals surface area contributed by atoms with E-state index < -0.39 is 0 Å². The number of phenols is 1. The van der Waals surface area contributed by atoms with Crippen molar-refractivity contribution in [2.24, 2.45) is 0 Å². The smallest absolute Gasteiger partial charge is 0.200 e. The van der Waals surface area contributed by atoms with Gasteiger partial charge >= 0.3 is 0 Å². The van der Waals surface area contributed by atoms with Gasteiger partial charge in [0.25, 0.3) is 0 Å². The number of Topliss-reactive ketones (excluding diaryl/α,β-unsaturated/α-hetero) is 2. The Morgan fingerprint density at radius 1 is 0.958 bits per heavy atom. The summed E-state index contributed by atoms with van der Waals surface area (Å²) in [5, 5.41) is 9.93. The quantitative estimate of drug-likeness (QED) is 0.511. The number of allylic oxidation sites excluding steroid dienone is 1. The molecule has 0 atom stereocenters. The first-order valence-corrected chi connectivity index (χ1v) is 7.12. The summed E-state index contributed by atoms with van der Waals surface area (Å²) in [4.78, 5) is 24.9. The lowest BCUT2D eigenvalue weighted by Gasteiger charge is -2.09. The van der Waals surface area contributed by atoms with E-state index in [1.165, 1.54) is 38.5 Å². The molecule has 6 nitrogen and oxygen atoms in total. The fraction of sp³-hybridized carbons (Fsp3) is 0.111. The van der Waals surface area contributed by atoms with Crippen LogP contribution in [0.2, 0.25) is 0 Å². The molecule has 0 spiro atoms. The second kappa shape index (κ2) is 5.73. The molecule has 2 aromatic rings. The largest absolute Gasteiger partial charge is 0.502 e. The number of ketones is 2. The van der Waals surface area contributed by atoms with Gasteiger partial charge < -0.3 is 20.3 Å². The molecule has 0 amide bonds. The Morgan fingerprint density at radius 3 is 2.12 bits per heavy atom. The lowest BCUT2D eigenvalue weighted by Crippen LogP contribution is -2.00. The first-order chi connectivity index (χ1) is 11.5. The van der Waals surface area contributed by atoms with Crippen LogP contribution in [-0.4, -0.2) is 30.9 Å². The third-order valence-corrected chi connectivity index (χ3v) is 3.84. The van der Waals surface area contributed by atoms with Crippen molar-refractivity contribution < 1.29 is 24.2 Å². The van der Waals surface area contributed by atoms with Gasteiger partial charge in [0, 0.05) is 16.8 Å². The van der Waals surface area contributed by atoms with Crippen molar-refractivity contribution in [3.05, 3.63) is 52.6 Å². The second-order valence-electron chi connectivity index (χ2n) is 5.30. The van der Waals surface area contributed by atoms with E-state index in [2.05, 4.69) is 0 Å². The molecule has 122 valence electrons. The number of hydrogen-bond donors (Lipinski definition) is 2. The predicted octanol–water partition coefficient (Wildman–Crippen LogP) is 2.45. The summed E-state index contributed by atoms with van der Waals surface area (Å²) in [5.74, 6) is -0.529. The van der Waals surface area contributed by atoms with Crippen molar-refractivity contribution >= 4 is 23.3 Å². The monoisotopic (exact) mass is 325 g/mol. The Kier molecular flexibility index (Phi) is 3.73. The molecule has 0 unspecified atom stereocenters. The topological polar surface area (TPSA) is 98.9 Å². The number of carbonyl (C=O) groups is 2. The van der Waals surface area contributed by atoms with E-state index >= 15 is 0 Å². The Bertz CT molecular complexity index is 873. The lowest BCUT2D eigenvalue weighted by atomic mass is 10.1. The number of nitrogens with two attached hydrogens (primary N) is 1. The van der Waals surface area contributed by atoms with Gasteiger partial charge in [-0.15, -0.1) is 0 Å². The standard InChI is InChI=1S/C18H15NO5/c1-23-14-6-9(7-15(24-2)18(14)22)5-13-16(20)11-4-3-10(19)8-12(11)17(13)21/h3-8,22H,19H2,1-2H3/b13-5+. The molecular weight excluding hydrogens is 310 g/mol. The summed E-state index contributed by atoms with van der Waals surface area (Å²) >= 11 is 0. The summed E-state index contributed by atoms with van der Waals surface area (Å²) in [6.07, 6.45) is 1.45. The van der Waals surface area contributed by atoms with Crippen molar-refractivity contribution in [3.63, 3.8) is 0 Å². The van der Waals surface area contributed by atoms with Gasteiger partial charge in [-0.1, -0.05) is 0 Å². The number of aromatic hydroxyl groups is 1. The molecule has 3 rings (SSSR count). The van der Waals surface area contributed by atoms with Crippen LogP contribution >= 0.6 is 0 Å². The molecule has 0 fully saturated rings. The molecule has 0 saturated carbocycles. The number of anilines is 1. The fourth-order valence-electron chi connectivity index (χ4n) is 2.64. The number of rotatable bonds is 3. The van der Waals surface area contributed by atoms with Gasteiger partial charge in [-0.2, -0.15) is 0 Å². The Labute approximate surface area is 138 Å². The van der Waals surface area contributed by atoms with E-state index in [-0.39, 0.29) is 34.4 Å². The van der Waals surface area contributed by atoms with Crippen molar-refractivity contribution in [1.82, 2.24) is 0 Å². The zero-order valence-electron chi connectivity index (χ0n) is 13.1. The van der Waals surface area contributed by atoms with Gasteiger partial charge in [0.2, 0.25) is 5.75 Å². The zero-order chi connectivity index (χ0) is 17.4. The minimum Gasteiger partial charge on any atom is -0.502 e. The van der Waals surface area contributed by atoms with Crippen LogP contribution in [0.25, 0.3) is 6.08 Å². The molecule has 1 aliphatic rings. The maximum atomic E-state index is 12.5. The van der Waals surface area contributed by atoms with Crippen molar-refractivity contribution in [1.29, 1.82) is 0 Å². The molecule has 0 radical (unpaired) electrons. The summed E-state index contributed by atoms with van der Waals surface area (Å²) in [7, 11) is 2.80. The molecule has 3 N–H and O–H groups in total. The number of fused-ring (bicyclic) bond motifs is 1. The van der Waals surface area contributed by atoms with E-state index in [1.54, 1.807) is 12.1 Å². The van der Waals surface area contributed by atoms with Crippen LogP contribution in [0.15, 0.2) is 35.9 Å². The van der Waals surface area contributed by atoms with Gasteiger partial charge in [0.05, 0.1) is 19.8 Å². The molecular formula is C18H15NO5. The average molecular weight is 325 g/mol. The third-order valence-electron chi connectivity index (χ3n) is 3.84. The predicted molar refractivity (Wildman–Crippen MR) is 88.7 cm³/mol. The van der Waals surface area contributed by atoms with Gasteiger partial charge in [-0.3, -0.25) is 9.59 Å². The van der Waals surface area contributed by atoms with E-state index in [0.29, 0.717) is 22.4 Å². The molecule has 0 aromatic heterocycles. The van der Waals surface area contributed by atoms with Crippen molar-refractivity contribution in [2.45, 2.75) is 0 Å². The number of benzene rings is 2. The third kappa shape index (κ3) is 2.38. The van der Waals surface area contributed by atoms with Gasteiger partial charge in [-0.05, 0) is 42.0 Å². The van der Waals surface area contributed by atoms with Crippen molar-refractivity contribution in [2.75, 3.05) is 20.0 Å². The summed E-state index contributed by atoms with van der Waals surface area (Å²) in [5.41, 5.74) is 7.26. The summed E-state index contributed by atoms with van der Waals surface area (Å²) in [6, 6.07) is 7.66. The van der Waals surface area contributed by atoms with E-state index in [9.17, 15) is 14.7 Å². The number of ether oxygens (including phenoxy) is 2. The van der Waals surface area contributed by atoms with Crippen LogP contribution in [0.1, 0.15) is 26.3 Å². The second-order valence-corrected chi connectivity index (χ2v) is 5.30.